The number of hydrogen-bond donors (Lipinski definition) is 0. The Morgan fingerprint density at radius 2 is 2.06 bits per heavy atom. The second kappa shape index (κ2) is 5.80. The van der Waals surface area contributed by atoms with Gasteiger partial charge in [0.25, 0.3) is 0 Å². The molecule has 5 nitrogen and oxygen atoms in total. The Hall–Kier alpha value is -1.39. The first-order chi connectivity index (χ1) is 7.95. The maximum absolute atomic E-state index is 11.6. The van der Waals surface area contributed by atoms with Gasteiger partial charge in [-0.15, -0.1) is 0 Å². The summed E-state index contributed by atoms with van der Waals surface area (Å²) in [5, 5.41) is 4.31. The predicted octanol–water partition coefficient (Wildman–Crippen LogP) is 1.68. The fourth-order valence-electron chi connectivity index (χ4n) is 1.65. The number of aryl methyl sites for hydroxylation is 1. The first-order valence-electron chi connectivity index (χ1n) is 6.02. The Morgan fingerprint density at radius 3 is 2.59 bits per heavy atom. The standard InChI is InChI=1S/C12H21N3O2/c1-6-17-12(16)9(4)11-13-10(7-8(2)3)14-15(11)5/h8-9H,6-7H2,1-5H3. The zero-order valence-corrected chi connectivity index (χ0v) is 11.2. The molecule has 1 aromatic heterocycles. The molecule has 0 spiro atoms. The smallest absolute Gasteiger partial charge is 0.316 e. The molecule has 0 aliphatic carbocycles. The molecule has 0 bridgehead atoms. The third kappa shape index (κ3) is 3.54. The van der Waals surface area contributed by atoms with Gasteiger partial charge < -0.3 is 4.74 Å². The summed E-state index contributed by atoms with van der Waals surface area (Å²) in [4.78, 5) is 16.0. The van der Waals surface area contributed by atoms with Crippen LogP contribution in [0.15, 0.2) is 0 Å². The summed E-state index contributed by atoms with van der Waals surface area (Å²) in [7, 11) is 1.81. The largest absolute Gasteiger partial charge is 0.465 e. The summed E-state index contributed by atoms with van der Waals surface area (Å²) in [5.74, 6) is 1.34. The van der Waals surface area contributed by atoms with Crippen LogP contribution in [0.1, 0.15) is 45.3 Å². The van der Waals surface area contributed by atoms with Gasteiger partial charge in [-0.05, 0) is 19.8 Å². The third-order valence-corrected chi connectivity index (χ3v) is 2.46. The molecule has 0 amide bonds. The van der Waals surface area contributed by atoms with Gasteiger partial charge in [0.15, 0.2) is 5.82 Å². The fraction of sp³-hybridized carbons (Fsp3) is 0.750. The number of hydrogen-bond acceptors (Lipinski definition) is 4. The first-order valence-corrected chi connectivity index (χ1v) is 6.02. The van der Waals surface area contributed by atoms with Crippen molar-refractivity contribution < 1.29 is 9.53 Å². The zero-order valence-electron chi connectivity index (χ0n) is 11.2. The van der Waals surface area contributed by atoms with Crippen molar-refractivity contribution in [2.75, 3.05) is 6.61 Å². The molecule has 0 aromatic carbocycles. The number of ether oxygens (including phenoxy) is 1. The van der Waals surface area contributed by atoms with Gasteiger partial charge >= 0.3 is 5.97 Å². The van der Waals surface area contributed by atoms with Crippen LogP contribution < -0.4 is 0 Å². The normalized spacial score (nSPS) is 12.8. The van der Waals surface area contributed by atoms with E-state index in [1.165, 1.54) is 0 Å². The molecule has 96 valence electrons. The maximum atomic E-state index is 11.6. The molecule has 0 saturated heterocycles. The average molecular weight is 239 g/mol. The molecule has 0 radical (unpaired) electrons. The lowest BCUT2D eigenvalue weighted by molar-refractivity contribution is -0.144. The number of rotatable bonds is 5. The van der Waals surface area contributed by atoms with E-state index < -0.39 is 0 Å². The van der Waals surface area contributed by atoms with Crippen LogP contribution in [-0.4, -0.2) is 27.3 Å². The lowest BCUT2D eigenvalue weighted by atomic mass is 10.1. The highest BCUT2D eigenvalue weighted by atomic mass is 16.5. The van der Waals surface area contributed by atoms with Crippen molar-refractivity contribution in [1.29, 1.82) is 0 Å². The van der Waals surface area contributed by atoms with Crippen LogP contribution in [0.4, 0.5) is 0 Å². The molecule has 0 N–H and O–H groups in total. The van der Waals surface area contributed by atoms with E-state index in [2.05, 4.69) is 23.9 Å². The van der Waals surface area contributed by atoms with Gasteiger partial charge in [0.2, 0.25) is 0 Å². The van der Waals surface area contributed by atoms with Gasteiger partial charge in [0, 0.05) is 13.5 Å². The van der Waals surface area contributed by atoms with Crippen LogP contribution in [0, 0.1) is 5.92 Å². The average Bonchev–Trinajstić information content (AvgIpc) is 2.57. The lowest BCUT2D eigenvalue weighted by Gasteiger charge is -2.08. The molecular formula is C12H21N3O2. The van der Waals surface area contributed by atoms with E-state index in [1.54, 1.807) is 18.5 Å². The van der Waals surface area contributed by atoms with Crippen molar-refractivity contribution in [2.45, 2.75) is 40.0 Å². The lowest BCUT2D eigenvalue weighted by Crippen LogP contribution is -2.16. The van der Waals surface area contributed by atoms with Crippen molar-refractivity contribution in [3.05, 3.63) is 11.6 Å². The van der Waals surface area contributed by atoms with E-state index in [9.17, 15) is 4.79 Å². The number of esters is 1. The Kier molecular flexibility index (Phi) is 4.66. The molecule has 1 unspecified atom stereocenters. The molecule has 1 heterocycles. The van der Waals surface area contributed by atoms with E-state index in [0.29, 0.717) is 18.3 Å². The van der Waals surface area contributed by atoms with Crippen molar-refractivity contribution in [1.82, 2.24) is 14.8 Å². The monoisotopic (exact) mass is 239 g/mol. The van der Waals surface area contributed by atoms with E-state index in [4.69, 9.17) is 4.74 Å². The summed E-state index contributed by atoms with van der Waals surface area (Å²) in [6.07, 6.45) is 0.823. The van der Waals surface area contributed by atoms with Crippen molar-refractivity contribution in [3.63, 3.8) is 0 Å². The highest BCUT2D eigenvalue weighted by Gasteiger charge is 2.22. The van der Waals surface area contributed by atoms with Crippen LogP contribution in [0.2, 0.25) is 0 Å². The highest BCUT2D eigenvalue weighted by Crippen LogP contribution is 2.15. The maximum Gasteiger partial charge on any atom is 0.316 e. The van der Waals surface area contributed by atoms with Gasteiger partial charge in [0.05, 0.1) is 6.61 Å². The van der Waals surface area contributed by atoms with E-state index in [1.807, 2.05) is 7.05 Å². The number of nitrogens with zero attached hydrogens (tertiary/aromatic N) is 3. The van der Waals surface area contributed by atoms with Crippen molar-refractivity contribution in [3.8, 4) is 0 Å². The molecule has 0 aliphatic heterocycles. The number of aromatic nitrogens is 3. The second-order valence-electron chi connectivity index (χ2n) is 4.58. The van der Waals surface area contributed by atoms with E-state index in [0.717, 1.165) is 12.2 Å². The Bertz CT molecular complexity index is 385. The molecule has 17 heavy (non-hydrogen) atoms. The third-order valence-electron chi connectivity index (χ3n) is 2.46. The summed E-state index contributed by atoms with van der Waals surface area (Å²) in [6, 6.07) is 0. The topological polar surface area (TPSA) is 57.0 Å². The molecule has 0 fully saturated rings. The summed E-state index contributed by atoms with van der Waals surface area (Å²) in [5.41, 5.74) is 0. The molecule has 1 aromatic rings. The molecule has 5 heteroatoms. The Labute approximate surface area is 102 Å². The first kappa shape index (κ1) is 13.7. The minimum Gasteiger partial charge on any atom is -0.465 e. The summed E-state index contributed by atoms with van der Waals surface area (Å²) in [6.45, 7) is 8.21. The summed E-state index contributed by atoms with van der Waals surface area (Å²) >= 11 is 0. The van der Waals surface area contributed by atoms with Crippen molar-refractivity contribution >= 4 is 5.97 Å². The number of carbonyl (C=O) groups is 1. The Balaban J connectivity index is 2.83. The SMILES string of the molecule is CCOC(=O)C(C)c1nc(CC(C)C)nn1C. The Morgan fingerprint density at radius 1 is 1.41 bits per heavy atom. The van der Waals surface area contributed by atoms with Gasteiger partial charge in [-0.3, -0.25) is 9.48 Å². The minimum atomic E-state index is -0.367. The van der Waals surface area contributed by atoms with Gasteiger partial charge in [0.1, 0.15) is 11.7 Å². The van der Waals surface area contributed by atoms with Crippen LogP contribution in [-0.2, 0) is 23.0 Å². The highest BCUT2D eigenvalue weighted by molar-refractivity contribution is 5.76. The van der Waals surface area contributed by atoms with Crippen LogP contribution in [0.25, 0.3) is 0 Å². The van der Waals surface area contributed by atoms with Gasteiger partial charge in [-0.25, -0.2) is 4.98 Å². The fourth-order valence-corrected chi connectivity index (χ4v) is 1.65. The van der Waals surface area contributed by atoms with E-state index >= 15 is 0 Å². The van der Waals surface area contributed by atoms with Crippen LogP contribution in [0.3, 0.4) is 0 Å². The van der Waals surface area contributed by atoms with Gasteiger partial charge in [-0.2, -0.15) is 5.10 Å². The number of carbonyl (C=O) groups excluding carboxylic acids is 1. The van der Waals surface area contributed by atoms with Crippen LogP contribution in [0.5, 0.6) is 0 Å². The molecule has 1 atom stereocenters. The van der Waals surface area contributed by atoms with Gasteiger partial charge in [-0.1, -0.05) is 13.8 Å². The quantitative estimate of drug-likeness (QED) is 0.734. The summed E-state index contributed by atoms with van der Waals surface area (Å²) < 4.78 is 6.65. The zero-order chi connectivity index (χ0) is 13.0. The van der Waals surface area contributed by atoms with E-state index in [-0.39, 0.29) is 11.9 Å². The predicted molar refractivity (Wildman–Crippen MR) is 64.6 cm³/mol. The van der Waals surface area contributed by atoms with Crippen LogP contribution >= 0.6 is 0 Å². The molecule has 0 saturated carbocycles. The molecule has 0 aliphatic rings. The second-order valence-corrected chi connectivity index (χ2v) is 4.58. The minimum absolute atomic E-state index is 0.251. The molecular weight excluding hydrogens is 218 g/mol. The van der Waals surface area contributed by atoms with Crippen molar-refractivity contribution in [2.24, 2.45) is 13.0 Å². The molecule has 1 rings (SSSR count).